The number of nitrogens with one attached hydrogen (secondary N) is 1. The topological polar surface area (TPSA) is 92.4 Å². The molecule has 1 fully saturated rings. The summed E-state index contributed by atoms with van der Waals surface area (Å²) in [4.78, 5) is 28.5. The Morgan fingerprint density at radius 2 is 2.12 bits per heavy atom. The Labute approximate surface area is 143 Å². The zero-order chi connectivity index (χ0) is 17.3. The van der Waals surface area contributed by atoms with E-state index in [1.807, 2.05) is 12.3 Å². The molecule has 0 aromatic carbocycles. The van der Waals surface area contributed by atoms with Crippen molar-refractivity contribution < 1.29 is 19.1 Å². The molecule has 1 amide bonds. The summed E-state index contributed by atoms with van der Waals surface area (Å²) >= 11 is 1.55. The first kappa shape index (κ1) is 16.7. The Balaban J connectivity index is 1.88. The number of aryl methyl sites for hydroxylation is 2. The lowest BCUT2D eigenvalue weighted by Gasteiger charge is -2.27. The zero-order valence-electron chi connectivity index (χ0n) is 13.7. The fourth-order valence-electron chi connectivity index (χ4n) is 3.21. The predicted molar refractivity (Wildman–Crippen MR) is 89.5 cm³/mol. The average Bonchev–Trinajstić information content (AvgIpc) is 3.25. The van der Waals surface area contributed by atoms with E-state index in [0.29, 0.717) is 12.2 Å². The minimum atomic E-state index is -1.08. The van der Waals surface area contributed by atoms with E-state index in [-0.39, 0.29) is 17.2 Å². The molecule has 2 heterocycles. The maximum Gasteiger partial charge on any atom is 0.339 e. The van der Waals surface area contributed by atoms with Crippen molar-refractivity contribution in [2.45, 2.75) is 51.5 Å². The van der Waals surface area contributed by atoms with Gasteiger partial charge in [-0.3, -0.25) is 4.79 Å². The average molecular weight is 348 g/mol. The first-order chi connectivity index (χ1) is 11.4. The van der Waals surface area contributed by atoms with Crippen LogP contribution in [-0.2, 0) is 12.0 Å². The molecule has 0 radical (unpaired) electrons. The van der Waals surface area contributed by atoms with E-state index in [1.165, 1.54) is 6.07 Å². The molecule has 0 saturated heterocycles. The van der Waals surface area contributed by atoms with Gasteiger partial charge < -0.3 is 14.8 Å². The molecule has 0 spiro atoms. The maximum absolute atomic E-state index is 12.7. The molecule has 128 valence electrons. The summed E-state index contributed by atoms with van der Waals surface area (Å²) in [5.41, 5.74) is 0.515. The van der Waals surface area contributed by atoms with Gasteiger partial charge in [-0.2, -0.15) is 0 Å². The lowest BCUT2D eigenvalue weighted by atomic mass is 9.98. The lowest BCUT2D eigenvalue weighted by molar-refractivity contribution is 0.0694. The smallest absolute Gasteiger partial charge is 0.339 e. The molecular formula is C17H20N2O4S. The van der Waals surface area contributed by atoms with Gasteiger partial charge in [-0.15, -0.1) is 11.3 Å². The number of amides is 1. The van der Waals surface area contributed by atoms with Crippen molar-refractivity contribution in [1.29, 1.82) is 0 Å². The van der Waals surface area contributed by atoms with Crippen LogP contribution in [0.2, 0.25) is 0 Å². The van der Waals surface area contributed by atoms with Crippen molar-refractivity contribution in [2.75, 3.05) is 0 Å². The number of carboxylic acid groups (broad SMARTS) is 1. The van der Waals surface area contributed by atoms with E-state index in [9.17, 15) is 14.7 Å². The van der Waals surface area contributed by atoms with Gasteiger partial charge in [-0.1, -0.05) is 19.8 Å². The van der Waals surface area contributed by atoms with Gasteiger partial charge in [0.15, 0.2) is 5.76 Å². The summed E-state index contributed by atoms with van der Waals surface area (Å²) in [6.45, 7) is 3.73. The van der Waals surface area contributed by atoms with Gasteiger partial charge in [0, 0.05) is 23.6 Å². The largest absolute Gasteiger partial charge is 0.478 e. The summed E-state index contributed by atoms with van der Waals surface area (Å²) in [5.74, 6) is -1.10. The number of carboxylic acids is 1. The summed E-state index contributed by atoms with van der Waals surface area (Å²) in [7, 11) is 0. The number of furan rings is 1. The summed E-state index contributed by atoms with van der Waals surface area (Å²) < 4.78 is 5.47. The molecule has 2 aromatic rings. The standard InChI is InChI=1S/C17H20N2O4S/c1-3-12-11(15(21)22)8-13(23-12)14(20)19-17(6-4-5-7-17)16-18-10(2)9-24-16/h8-9H,3-7H2,1-2H3,(H,19,20)(H,21,22). The summed E-state index contributed by atoms with van der Waals surface area (Å²) in [6.07, 6.45) is 4.14. The molecule has 2 N–H and O–H groups in total. The third-order valence-electron chi connectivity index (χ3n) is 4.42. The molecule has 3 rings (SSSR count). The number of hydrogen-bond acceptors (Lipinski definition) is 5. The van der Waals surface area contributed by atoms with Crippen molar-refractivity contribution in [3.63, 3.8) is 0 Å². The summed E-state index contributed by atoms with van der Waals surface area (Å²) in [6, 6.07) is 1.31. The second-order valence-electron chi connectivity index (χ2n) is 6.14. The van der Waals surface area contributed by atoms with Gasteiger partial charge in [0.25, 0.3) is 5.91 Å². The van der Waals surface area contributed by atoms with Crippen molar-refractivity contribution in [2.24, 2.45) is 0 Å². The molecule has 1 aliphatic rings. The third kappa shape index (κ3) is 2.96. The van der Waals surface area contributed by atoms with Crippen molar-refractivity contribution in [1.82, 2.24) is 10.3 Å². The van der Waals surface area contributed by atoms with Gasteiger partial charge in [-0.25, -0.2) is 9.78 Å². The second kappa shape index (κ2) is 6.39. The van der Waals surface area contributed by atoms with Crippen molar-refractivity contribution in [3.05, 3.63) is 39.2 Å². The predicted octanol–water partition coefficient (Wildman–Crippen LogP) is 3.50. The van der Waals surface area contributed by atoms with Crippen LogP contribution in [0.4, 0.5) is 0 Å². The molecule has 1 saturated carbocycles. The Morgan fingerprint density at radius 3 is 2.62 bits per heavy atom. The number of aromatic carboxylic acids is 1. The highest BCUT2D eigenvalue weighted by Crippen LogP contribution is 2.40. The van der Waals surface area contributed by atoms with Crippen LogP contribution in [0, 0.1) is 6.92 Å². The van der Waals surface area contributed by atoms with E-state index < -0.39 is 11.5 Å². The van der Waals surface area contributed by atoms with E-state index in [1.54, 1.807) is 18.3 Å². The van der Waals surface area contributed by atoms with E-state index in [0.717, 1.165) is 36.4 Å². The van der Waals surface area contributed by atoms with Gasteiger partial charge in [0.2, 0.25) is 0 Å². The van der Waals surface area contributed by atoms with E-state index >= 15 is 0 Å². The molecule has 1 aliphatic carbocycles. The van der Waals surface area contributed by atoms with Crippen LogP contribution in [0.15, 0.2) is 15.9 Å². The first-order valence-electron chi connectivity index (χ1n) is 8.06. The van der Waals surface area contributed by atoms with E-state index in [4.69, 9.17) is 4.42 Å². The van der Waals surface area contributed by atoms with Gasteiger partial charge >= 0.3 is 5.97 Å². The van der Waals surface area contributed by atoms with Gasteiger partial charge in [0.1, 0.15) is 16.3 Å². The van der Waals surface area contributed by atoms with Crippen LogP contribution in [0.5, 0.6) is 0 Å². The molecule has 7 heteroatoms. The van der Waals surface area contributed by atoms with Gasteiger partial charge in [-0.05, 0) is 19.8 Å². The van der Waals surface area contributed by atoms with Crippen LogP contribution in [0.25, 0.3) is 0 Å². The Bertz CT molecular complexity index is 771. The monoisotopic (exact) mass is 348 g/mol. The minimum Gasteiger partial charge on any atom is -0.478 e. The Hall–Kier alpha value is -2.15. The zero-order valence-corrected chi connectivity index (χ0v) is 14.5. The minimum absolute atomic E-state index is 0.0452. The Morgan fingerprint density at radius 1 is 1.42 bits per heavy atom. The fraction of sp³-hybridized carbons (Fsp3) is 0.471. The fourth-order valence-corrected chi connectivity index (χ4v) is 4.22. The quantitative estimate of drug-likeness (QED) is 0.862. The number of hydrogen-bond donors (Lipinski definition) is 2. The van der Waals surface area contributed by atoms with Crippen LogP contribution in [0.3, 0.4) is 0 Å². The van der Waals surface area contributed by atoms with Gasteiger partial charge in [0.05, 0.1) is 5.54 Å². The SMILES string of the molecule is CCc1oc(C(=O)NC2(c3nc(C)cs3)CCCC2)cc1C(=O)O. The number of thiazole rings is 1. The maximum atomic E-state index is 12.7. The number of carbonyl (C=O) groups is 2. The highest BCUT2D eigenvalue weighted by molar-refractivity contribution is 7.09. The van der Waals surface area contributed by atoms with Crippen molar-refractivity contribution >= 4 is 23.2 Å². The number of carbonyl (C=O) groups excluding carboxylic acids is 1. The molecule has 0 atom stereocenters. The third-order valence-corrected chi connectivity index (χ3v) is 5.59. The van der Waals surface area contributed by atoms with Crippen LogP contribution >= 0.6 is 11.3 Å². The number of aromatic nitrogens is 1. The van der Waals surface area contributed by atoms with Crippen LogP contribution < -0.4 is 5.32 Å². The molecule has 2 aromatic heterocycles. The van der Waals surface area contributed by atoms with E-state index in [2.05, 4.69) is 10.3 Å². The molecule has 0 aliphatic heterocycles. The molecule has 0 bridgehead atoms. The lowest BCUT2D eigenvalue weighted by Crippen LogP contribution is -2.43. The summed E-state index contributed by atoms with van der Waals surface area (Å²) in [5, 5.41) is 15.2. The normalized spacial score (nSPS) is 16.2. The number of rotatable bonds is 5. The van der Waals surface area contributed by atoms with Crippen LogP contribution in [0.1, 0.15) is 70.0 Å². The second-order valence-corrected chi connectivity index (χ2v) is 7.00. The molecule has 0 unspecified atom stereocenters. The number of nitrogens with zero attached hydrogens (tertiary/aromatic N) is 1. The highest BCUT2D eigenvalue weighted by atomic mass is 32.1. The highest BCUT2D eigenvalue weighted by Gasteiger charge is 2.40. The molecular weight excluding hydrogens is 328 g/mol. The first-order valence-corrected chi connectivity index (χ1v) is 8.94. The van der Waals surface area contributed by atoms with Crippen LogP contribution in [-0.4, -0.2) is 22.0 Å². The Kier molecular flexibility index (Phi) is 4.45. The van der Waals surface area contributed by atoms with Crippen molar-refractivity contribution in [3.8, 4) is 0 Å². The molecule has 6 nitrogen and oxygen atoms in total. The molecule has 24 heavy (non-hydrogen) atoms.